The molecule has 0 aliphatic rings. The predicted molar refractivity (Wildman–Crippen MR) is 126 cm³/mol. The van der Waals surface area contributed by atoms with Gasteiger partial charge in [0, 0.05) is 5.56 Å². The third kappa shape index (κ3) is 6.06. The fraction of sp³-hybridized carbons (Fsp3) is 0.609. The standard InChI is InChI=1S/C23H40O4Si2/c1-17(21(24)25-8)20(27-29(11,12)23(5,6)7)18-15-13-14-16-19(18)26-28(9,10)22(2,3)4/h13-16,20H,1H2,2-12H3. The number of ether oxygens (including phenoxy) is 1. The Morgan fingerprint density at radius 2 is 1.41 bits per heavy atom. The van der Waals surface area contributed by atoms with Crippen LogP contribution >= 0.6 is 0 Å². The van der Waals surface area contributed by atoms with Crippen LogP contribution in [-0.4, -0.2) is 29.7 Å². The van der Waals surface area contributed by atoms with Gasteiger partial charge in [0.1, 0.15) is 11.9 Å². The van der Waals surface area contributed by atoms with Crippen molar-refractivity contribution < 1.29 is 18.4 Å². The van der Waals surface area contributed by atoms with Crippen molar-refractivity contribution in [1.29, 1.82) is 0 Å². The number of benzene rings is 1. The van der Waals surface area contributed by atoms with E-state index >= 15 is 0 Å². The maximum atomic E-state index is 12.4. The molecule has 6 heteroatoms. The predicted octanol–water partition coefficient (Wildman–Crippen LogP) is 6.86. The molecule has 0 aliphatic heterocycles. The van der Waals surface area contributed by atoms with Crippen molar-refractivity contribution in [1.82, 2.24) is 0 Å². The summed E-state index contributed by atoms with van der Waals surface area (Å²) in [5, 5.41) is 0.0339. The molecule has 1 rings (SSSR count). The summed E-state index contributed by atoms with van der Waals surface area (Å²) < 4.78 is 18.3. The molecular weight excluding hydrogens is 396 g/mol. The molecule has 0 bridgehead atoms. The molecule has 29 heavy (non-hydrogen) atoms. The van der Waals surface area contributed by atoms with Crippen LogP contribution in [0, 0.1) is 0 Å². The van der Waals surface area contributed by atoms with Crippen LogP contribution in [0.5, 0.6) is 5.75 Å². The molecule has 0 fully saturated rings. The van der Waals surface area contributed by atoms with E-state index in [1.54, 1.807) is 0 Å². The van der Waals surface area contributed by atoms with Crippen molar-refractivity contribution in [3.8, 4) is 5.75 Å². The number of methoxy groups -OCH3 is 1. The van der Waals surface area contributed by atoms with Crippen LogP contribution in [0.1, 0.15) is 53.2 Å². The summed E-state index contributed by atoms with van der Waals surface area (Å²) >= 11 is 0. The molecule has 4 nitrogen and oxygen atoms in total. The van der Waals surface area contributed by atoms with Crippen molar-refractivity contribution in [3.63, 3.8) is 0 Å². The summed E-state index contributed by atoms with van der Waals surface area (Å²) in [5.74, 6) is 0.295. The lowest BCUT2D eigenvalue weighted by Gasteiger charge is -2.41. The van der Waals surface area contributed by atoms with E-state index in [-0.39, 0.29) is 10.1 Å². The highest BCUT2D eigenvalue weighted by Gasteiger charge is 2.43. The highest BCUT2D eigenvalue weighted by atomic mass is 28.4. The Morgan fingerprint density at radius 3 is 1.86 bits per heavy atom. The molecule has 1 aromatic rings. The number of esters is 1. The van der Waals surface area contributed by atoms with Crippen molar-refractivity contribution in [3.05, 3.63) is 42.0 Å². The molecule has 0 aromatic heterocycles. The second kappa shape index (κ2) is 8.78. The van der Waals surface area contributed by atoms with Gasteiger partial charge in [0.2, 0.25) is 8.32 Å². The van der Waals surface area contributed by atoms with Gasteiger partial charge in [0.25, 0.3) is 0 Å². The molecule has 0 amide bonds. The van der Waals surface area contributed by atoms with Gasteiger partial charge >= 0.3 is 5.97 Å². The highest BCUT2D eigenvalue weighted by molar-refractivity contribution is 6.75. The van der Waals surface area contributed by atoms with Crippen LogP contribution in [-0.2, 0) is 14.0 Å². The van der Waals surface area contributed by atoms with Gasteiger partial charge in [-0.3, -0.25) is 0 Å². The van der Waals surface area contributed by atoms with Gasteiger partial charge in [0.15, 0.2) is 8.32 Å². The summed E-state index contributed by atoms with van der Waals surface area (Å²) in [5.41, 5.74) is 1.13. The lowest BCUT2D eigenvalue weighted by Crippen LogP contribution is -2.45. The molecule has 0 radical (unpaired) electrons. The maximum Gasteiger partial charge on any atom is 0.336 e. The topological polar surface area (TPSA) is 44.8 Å². The van der Waals surface area contributed by atoms with E-state index in [1.165, 1.54) is 7.11 Å². The van der Waals surface area contributed by atoms with Crippen LogP contribution in [0.25, 0.3) is 0 Å². The molecule has 0 saturated carbocycles. The minimum atomic E-state index is -2.20. The molecule has 1 aromatic carbocycles. The Kier molecular flexibility index (Phi) is 7.77. The van der Waals surface area contributed by atoms with Crippen molar-refractivity contribution in [2.24, 2.45) is 0 Å². The number of para-hydroxylation sites is 1. The first-order valence-corrected chi connectivity index (χ1v) is 16.0. The minimum absolute atomic E-state index is 0.0170. The zero-order valence-electron chi connectivity index (χ0n) is 20.2. The Bertz CT molecular complexity index is 740. The van der Waals surface area contributed by atoms with Gasteiger partial charge in [-0.2, -0.15) is 0 Å². The molecule has 0 heterocycles. The van der Waals surface area contributed by atoms with Crippen LogP contribution in [0.15, 0.2) is 36.4 Å². The Labute approximate surface area is 179 Å². The monoisotopic (exact) mass is 436 g/mol. The Hall–Kier alpha value is -1.38. The largest absolute Gasteiger partial charge is 0.543 e. The van der Waals surface area contributed by atoms with Crippen LogP contribution < -0.4 is 4.43 Å². The summed E-state index contributed by atoms with van der Waals surface area (Å²) in [6.07, 6.45) is -0.607. The first kappa shape index (κ1) is 25.7. The second-order valence-electron chi connectivity index (χ2n) is 10.7. The first-order chi connectivity index (χ1) is 12.9. The SMILES string of the molecule is C=C(C(=O)OC)C(O[Si](C)(C)C(C)(C)C)c1ccccc1O[Si](C)(C)C(C)(C)C. The molecule has 164 valence electrons. The fourth-order valence-electron chi connectivity index (χ4n) is 2.25. The van der Waals surface area contributed by atoms with Crippen LogP contribution in [0.2, 0.25) is 36.3 Å². The molecule has 0 N–H and O–H groups in total. The average molecular weight is 437 g/mol. The van der Waals surface area contributed by atoms with E-state index in [0.29, 0.717) is 5.57 Å². The van der Waals surface area contributed by atoms with Crippen molar-refractivity contribution in [2.75, 3.05) is 7.11 Å². The maximum absolute atomic E-state index is 12.4. The van der Waals surface area contributed by atoms with Gasteiger partial charge in [-0.05, 0) is 42.3 Å². The average Bonchev–Trinajstić information content (AvgIpc) is 2.56. The Morgan fingerprint density at radius 1 is 0.931 bits per heavy atom. The number of hydrogen-bond acceptors (Lipinski definition) is 4. The van der Waals surface area contributed by atoms with E-state index in [2.05, 4.69) is 74.3 Å². The zero-order chi connectivity index (χ0) is 22.8. The smallest absolute Gasteiger partial charge is 0.336 e. The van der Waals surface area contributed by atoms with Gasteiger partial charge in [-0.1, -0.05) is 66.3 Å². The number of carbonyl (C=O) groups excluding carboxylic acids is 1. The molecule has 0 saturated heterocycles. The third-order valence-electron chi connectivity index (χ3n) is 6.36. The summed E-state index contributed by atoms with van der Waals surface area (Å²) in [6, 6.07) is 7.83. The number of carbonyl (C=O) groups is 1. The number of rotatable bonds is 7. The lowest BCUT2D eigenvalue weighted by molar-refractivity contribution is -0.137. The summed E-state index contributed by atoms with van der Waals surface area (Å²) in [7, 11) is -2.91. The molecular formula is C23H40O4Si2. The normalized spacial score (nSPS) is 14.3. The quantitative estimate of drug-likeness (QED) is 0.266. The van der Waals surface area contributed by atoms with Crippen LogP contribution in [0.3, 0.4) is 0 Å². The molecule has 0 aliphatic carbocycles. The first-order valence-electron chi connectivity index (χ1n) is 10.2. The van der Waals surface area contributed by atoms with E-state index in [0.717, 1.165) is 11.3 Å². The van der Waals surface area contributed by atoms with Gasteiger partial charge in [-0.25, -0.2) is 4.79 Å². The molecule has 0 spiro atoms. The minimum Gasteiger partial charge on any atom is -0.543 e. The second-order valence-corrected chi connectivity index (χ2v) is 20.2. The van der Waals surface area contributed by atoms with E-state index in [1.807, 2.05) is 24.3 Å². The van der Waals surface area contributed by atoms with Crippen molar-refractivity contribution in [2.45, 2.75) is 83.9 Å². The molecule has 1 unspecified atom stereocenters. The Balaban J connectivity index is 3.52. The molecule has 1 atom stereocenters. The summed E-state index contributed by atoms with van der Waals surface area (Å²) in [6.45, 7) is 25.9. The van der Waals surface area contributed by atoms with Crippen LogP contribution in [0.4, 0.5) is 0 Å². The fourth-order valence-corrected chi connectivity index (χ4v) is 4.50. The van der Waals surface area contributed by atoms with E-state index in [9.17, 15) is 4.79 Å². The lowest BCUT2D eigenvalue weighted by atomic mass is 10.0. The van der Waals surface area contributed by atoms with Crippen molar-refractivity contribution >= 4 is 22.6 Å². The highest BCUT2D eigenvalue weighted by Crippen LogP contribution is 2.45. The zero-order valence-corrected chi connectivity index (χ0v) is 22.2. The van der Waals surface area contributed by atoms with Gasteiger partial charge < -0.3 is 13.6 Å². The van der Waals surface area contributed by atoms with E-state index in [4.69, 9.17) is 13.6 Å². The number of hydrogen-bond donors (Lipinski definition) is 0. The van der Waals surface area contributed by atoms with Gasteiger partial charge in [-0.15, -0.1) is 0 Å². The van der Waals surface area contributed by atoms with E-state index < -0.39 is 28.7 Å². The van der Waals surface area contributed by atoms with Gasteiger partial charge in [0.05, 0.1) is 12.7 Å². The summed E-state index contributed by atoms with van der Waals surface area (Å²) in [4.78, 5) is 12.4. The third-order valence-corrected chi connectivity index (χ3v) is 15.1.